The van der Waals surface area contributed by atoms with Crippen molar-refractivity contribution in [3.8, 4) is 0 Å². The zero-order chi connectivity index (χ0) is 13.4. The molecule has 0 spiro atoms. The fourth-order valence-electron chi connectivity index (χ4n) is 2.80. The third-order valence-corrected chi connectivity index (χ3v) is 3.80. The first-order valence-corrected chi connectivity index (χ1v) is 6.67. The van der Waals surface area contributed by atoms with Crippen molar-refractivity contribution in [1.82, 2.24) is 9.97 Å². The van der Waals surface area contributed by atoms with Gasteiger partial charge < -0.3 is 15.2 Å². The Morgan fingerprint density at radius 1 is 1.42 bits per heavy atom. The molecule has 2 fully saturated rings. The normalized spacial score (nSPS) is 29.2. The molecule has 19 heavy (non-hydrogen) atoms. The van der Waals surface area contributed by atoms with Gasteiger partial charge in [0.1, 0.15) is 11.4 Å². The molecular formula is C12H14ClN3O3. The van der Waals surface area contributed by atoms with E-state index >= 15 is 0 Å². The van der Waals surface area contributed by atoms with Crippen molar-refractivity contribution in [2.75, 3.05) is 5.32 Å². The first-order chi connectivity index (χ1) is 9.11. The Hall–Kier alpha value is -1.40. The molecule has 2 N–H and O–H groups in total. The molecule has 1 aromatic heterocycles. The Bertz CT molecular complexity index is 499. The summed E-state index contributed by atoms with van der Waals surface area (Å²) in [7, 11) is 0. The molecule has 2 saturated heterocycles. The van der Waals surface area contributed by atoms with E-state index in [1.807, 2.05) is 0 Å². The number of fused-ring (bicyclic) bond motifs is 2. The largest absolute Gasteiger partial charge is 0.477 e. The summed E-state index contributed by atoms with van der Waals surface area (Å²) >= 11 is 5.73. The van der Waals surface area contributed by atoms with Gasteiger partial charge >= 0.3 is 5.97 Å². The number of hydrogen-bond acceptors (Lipinski definition) is 5. The van der Waals surface area contributed by atoms with Crippen molar-refractivity contribution in [3.63, 3.8) is 0 Å². The third-order valence-electron chi connectivity index (χ3n) is 3.62. The monoisotopic (exact) mass is 283 g/mol. The van der Waals surface area contributed by atoms with E-state index in [4.69, 9.17) is 21.4 Å². The van der Waals surface area contributed by atoms with Crippen LogP contribution >= 0.6 is 11.6 Å². The van der Waals surface area contributed by atoms with E-state index < -0.39 is 5.97 Å². The molecule has 2 aliphatic heterocycles. The summed E-state index contributed by atoms with van der Waals surface area (Å²) < 4.78 is 5.75. The highest BCUT2D eigenvalue weighted by Crippen LogP contribution is 2.34. The van der Waals surface area contributed by atoms with E-state index in [0.29, 0.717) is 5.82 Å². The number of aromatic carboxylic acids is 1. The maximum absolute atomic E-state index is 11.1. The van der Waals surface area contributed by atoms with Gasteiger partial charge in [0.25, 0.3) is 0 Å². The summed E-state index contributed by atoms with van der Waals surface area (Å²) in [5.74, 6) is -0.770. The highest BCUT2D eigenvalue weighted by Gasteiger charge is 2.35. The molecule has 7 heteroatoms. The van der Waals surface area contributed by atoms with Gasteiger partial charge in [-0.05, 0) is 37.3 Å². The van der Waals surface area contributed by atoms with E-state index in [1.165, 1.54) is 6.20 Å². The fourth-order valence-corrected chi connectivity index (χ4v) is 2.93. The van der Waals surface area contributed by atoms with Gasteiger partial charge in [0.05, 0.1) is 12.2 Å². The smallest absolute Gasteiger partial charge is 0.341 e. The second kappa shape index (κ2) is 4.94. The summed E-state index contributed by atoms with van der Waals surface area (Å²) in [6.07, 6.45) is 5.70. The summed E-state index contributed by atoms with van der Waals surface area (Å²) in [5, 5.41) is 12.3. The predicted octanol–water partition coefficient (Wildman–Crippen LogP) is 1.95. The van der Waals surface area contributed by atoms with Crippen molar-refractivity contribution in [1.29, 1.82) is 0 Å². The van der Waals surface area contributed by atoms with E-state index in [-0.39, 0.29) is 29.1 Å². The lowest BCUT2D eigenvalue weighted by Crippen LogP contribution is -2.34. The molecule has 3 heterocycles. The Morgan fingerprint density at radius 2 is 2.11 bits per heavy atom. The number of rotatable bonds is 3. The number of anilines is 1. The zero-order valence-electron chi connectivity index (χ0n) is 10.2. The fraction of sp³-hybridized carbons (Fsp3) is 0.583. The number of carboxylic acid groups (broad SMARTS) is 1. The van der Waals surface area contributed by atoms with Crippen molar-refractivity contribution in [3.05, 3.63) is 17.0 Å². The number of nitrogens with one attached hydrogen (secondary N) is 1. The van der Waals surface area contributed by atoms with Crippen LogP contribution in [0.3, 0.4) is 0 Å². The minimum atomic E-state index is -1.06. The maximum Gasteiger partial charge on any atom is 0.341 e. The van der Waals surface area contributed by atoms with Crippen LogP contribution in [0.4, 0.5) is 5.82 Å². The molecule has 2 atom stereocenters. The van der Waals surface area contributed by atoms with Crippen LogP contribution in [0.5, 0.6) is 0 Å². The molecule has 2 bridgehead atoms. The Labute approximate surface area is 115 Å². The van der Waals surface area contributed by atoms with Crippen LogP contribution in [0.1, 0.15) is 36.0 Å². The van der Waals surface area contributed by atoms with Crippen LogP contribution in [-0.2, 0) is 4.74 Å². The average Bonchev–Trinajstić information content (AvgIpc) is 2.68. The standard InChI is InChI=1S/C12H14ClN3O3/c13-12-14-5-9(11(17)18)10(16-12)15-6-3-7-1-2-8(4-6)19-7/h5-8H,1-4H2,(H,17,18)(H,14,15,16). The molecule has 102 valence electrons. The summed E-state index contributed by atoms with van der Waals surface area (Å²) in [4.78, 5) is 18.8. The van der Waals surface area contributed by atoms with Crippen LogP contribution in [0.2, 0.25) is 5.28 Å². The second-order valence-corrected chi connectivity index (χ2v) is 5.31. The van der Waals surface area contributed by atoms with Gasteiger partial charge in [-0.15, -0.1) is 0 Å². The molecule has 0 amide bonds. The molecule has 0 aromatic carbocycles. The van der Waals surface area contributed by atoms with Crippen molar-refractivity contribution in [2.24, 2.45) is 0 Å². The van der Waals surface area contributed by atoms with Gasteiger partial charge in [-0.1, -0.05) is 0 Å². The highest BCUT2D eigenvalue weighted by atomic mass is 35.5. The summed E-state index contributed by atoms with van der Waals surface area (Å²) in [6.45, 7) is 0. The van der Waals surface area contributed by atoms with Crippen LogP contribution in [0.25, 0.3) is 0 Å². The quantitative estimate of drug-likeness (QED) is 0.825. The first kappa shape index (κ1) is 12.6. The number of aromatic nitrogens is 2. The maximum atomic E-state index is 11.1. The van der Waals surface area contributed by atoms with E-state index in [2.05, 4.69) is 15.3 Å². The van der Waals surface area contributed by atoms with Crippen molar-refractivity contribution in [2.45, 2.75) is 43.9 Å². The van der Waals surface area contributed by atoms with Crippen molar-refractivity contribution >= 4 is 23.4 Å². The van der Waals surface area contributed by atoms with Gasteiger partial charge in [-0.3, -0.25) is 0 Å². The van der Waals surface area contributed by atoms with Crippen LogP contribution in [0.15, 0.2) is 6.20 Å². The SMILES string of the molecule is O=C(O)c1cnc(Cl)nc1NC1CC2CCC(C1)O2. The molecular weight excluding hydrogens is 270 g/mol. The van der Waals surface area contributed by atoms with Crippen LogP contribution in [-0.4, -0.2) is 39.3 Å². The molecule has 3 rings (SSSR count). The topological polar surface area (TPSA) is 84.3 Å². The van der Waals surface area contributed by atoms with E-state index in [0.717, 1.165) is 25.7 Å². The van der Waals surface area contributed by atoms with Gasteiger partial charge in [0, 0.05) is 12.2 Å². The molecule has 2 unspecified atom stereocenters. The van der Waals surface area contributed by atoms with Crippen LogP contribution in [0, 0.1) is 0 Å². The predicted molar refractivity (Wildman–Crippen MR) is 68.5 cm³/mol. The van der Waals surface area contributed by atoms with Gasteiger partial charge in [-0.2, -0.15) is 4.98 Å². The van der Waals surface area contributed by atoms with Gasteiger partial charge in [0.15, 0.2) is 0 Å². The van der Waals surface area contributed by atoms with Crippen LogP contribution < -0.4 is 5.32 Å². The lowest BCUT2D eigenvalue weighted by molar-refractivity contribution is 0.000649. The minimum Gasteiger partial charge on any atom is -0.477 e. The zero-order valence-corrected chi connectivity index (χ0v) is 10.9. The summed E-state index contributed by atoms with van der Waals surface area (Å²) in [5.41, 5.74) is 0.0447. The Kier molecular flexibility index (Phi) is 3.28. The number of ether oxygens (including phenoxy) is 1. The summed E-state index contributed by atoms with van der Waals surface area (Å²) in [6, 6.07) is 0.176. The number of carbonyl (C=O) groups is 1. The number of nitrogens with zero attached hydrogens (tertiary/aromatic N) is 2. The average molecular weight is 284 g/mol. The van der Waals surface area contributed by atoms with E-state index in [9.17, 15) is 4.79 Å². The highest BCUT2D eigenvalue weighted by molar-refractivity contribution is 6.28. The molecule has 2 aliphatic rings. The van der Waals surface area contributed by atoms with Crippen molar-refractivity contribution < 1.29 is 14.6 Å². The molecule has 0 radical (unpaired) electrons. The lowest BCUT2D eigenvalue weighted by Gasteiger charge is -2.29. The van der Waals surface area contributed by atoms with E-state index in [1.54, 1.807) is 0 Å². The van der Waals surface area contributed by atoms with Gasteiger partial charge in [0.2, 0.25) is 5.28 Å². The second-order valence-electron chi connectivity index (χ2n) is 4.98. The third kappa shape index (κ3) is 2.64. The number of hydrogen-bond donors (Lipinski definition) is 2. The van der Waals surface area contributed by atoms with Gasteiger partial charge in [-0.25, -0.2) is 9.78 Å². The molecule has 0 aliphatic carbocycles. The minimum absolute atomic E-state index is 0.0440. The number of carboxylic acids is 1. The molecule has 1 aromatic rings. The first-order valence-electron chi connectivity index (χ1n) is 6.29. The lowest BCUT2D eigenvalue weighted by atomic mass is 10.0. The molecule has 6 nitrogen and oxygen atoms in total. The molecule has 0 saturated carbocycles. The Morgan fingerprint density at radius 3 is 2.74 bits per heavy atom. The number of halogens is 1. The Balaban J connectivity index is 1.79.